The van der Waals surface area contributed by atoms with E-state index in [-0.39, 0.29) is 11.9 Å². The van der Waals surface area contributed by atoms with E-state index < -0.39 is 0 Å². The van der Waals surface area contributed by atoms with Gasteiger partial charge in [0.2, 0.25) is 0 Å². The van der Waals surface area contributed by atoms with Crippen molar-refractivity contribution < 1.29 is 9.47 Å². The summed E-state index contributed by atoms with van der Waals surface area (Å²) in [7, 11) is 0. The molecule has 1 heterocycles. The third-order valence-corrected chi connectivity index (χ3v) is 3.87. The van der Waals surface area contributed by atoms with Gasteiger partial charge in [-0.25, -0.2) is 0 Å². The summed E-state index contributed by atoms with van der Waals surface area (Å²) < 4.78 is 13.9. The second-order valence-corrected chi connectivity index (χ2v) is 5.24. The molecule has 0 N–H and O–H groups in total. The molecule has 0 aromatic rings. The SMILES string of the molecule is I/C=C/CC1(OC2CCCCO2)CCC1. The largest absolute Gasteiger partial charge is 0.353 e. The highest BCUT2D eigenvalue weighted by molar-refractivity contribution is 14.1. The average molecular weight is 322 g/mol. The zero-order valence-electron chi connectivity index (χ0n) is 9.08. The standard InChI is InChI=1S/C12H19IO2/c13-9-4-8-12(6-3-7-12)15-11-5-1-2-10-14-11/h4,9,11H,1-3,5-8,10H2/b9-4+. The summed E-state index contributed by atoms with van der Waals surface area (Å²) in [4.78, 5) is 0. The van der Waals surface area contributed by atoms with Crippen LogP contribution in [0.15, 0.2) is 10.2 Å². The molecule has 0 amide bonds. The molecular weight excluding hydrogens is 303 g/mol. The zero-order chi connectivity index (χ0) is 10.6. The quantitative estimate of drug-likeness (QED) is 0.733. The fourth-order valence-electron chi connectivity index (χ4n) is 2.28. The van der Waals surface area contributed by atoms with E-state index in [1.165, 1.54) is 32.1 Å². The third-order valence-electron chi connectivity index (χ3n) is 3.36. The molecule has 3 heteroatoms. The van der Waals surface area contributed by atoms with E-state index in [2.05, 4.69) is 32.7 Å². The molecule has 1 saturated carbocycles. The van der Waals surface area contributed by atoms with Crippen molar-refractivity contribution >= 4 is 22.6 Å². The van der Waals surface area contributed by atoms with Gasteiger partial charge in [-0.3, -0.25) is 0 Å². The maximum absolute atomic E-state index is 6.14. The predicted octanol–water partition coefficient (Wildman–Crippen LogP) is 3.79. The summed E-state index contributed by atoms with van der Waals surface area (Å²) in [6.45, 7) is 0.878. The second kappa shape index (κ2) is 5.64. The van der Waals surface area contributed by atoms with Crippen LogP contribution in [0, 0.1) is 0 Å². The van der Waals surface area contributed by atoms with Crippen molar-refractivity contribution in [2.45, 2.75) is 56.8 Å². The predicted molar refractivity (Wildman–Crippen MR) is 69.0 cm³/mol. The fourth-order valence-corrected chi connectivity index (χ4v) is 2.54. The molecule has 2 nitrogen and oxygen atoms in total. The Morgan fingerprint density at radius 1 is 1.33 bits per heavy atom. The molecule has 2 aliphatic rings. The fraction of sp³-hybridized carbons (Fsp3) is 0.833. The van der Waals surface area contributed by atoms with Crippen LogP contribution in [-0.2, 0) is 9.47 Å². The van der Waals surface area contributed by atoms with Gasteiger partial charge in [0.1, 0.15) is 0 Å². The van der Waals surface area contributed by atoms with Crippen LogP contribution in [0.2, 0.25) is 0 Å². The maximum Gasteiger partial charge on any atom is 0.158 e. The summed E-state index contributed by atoms with van der Waals surface area (Å²) in [6, 6.07) is 0. The number of hydrogen-bond donors (Lipinski definition) is 0. The lowest BCUT2D eigenvalue weighted by molar-refractivity contribution is -0.245. The Hall–Kier alpha value is 0.390. The minimum atomic E-state index is 0.0710. The van der Waals surface area contributed by atoms with Gasteiger partial charge in [-0.15, -0.1) is 0 Å². The molecule has 0 aromatic carbocycles. The zero-order valence-corrected chi connectivity index (χ0v) is 11.2. The van der Waals surface area contributed by atoms with Crippen LogP contribution in [0.1, 0.15) is 44.9 Å². The van der Waals surface area contributed by atoms with Gasteiger partial charge in [-0.2, -0.15) is 0 Å². The van der Waals surface area contributed by atoms with Crippen LogP contribution in [0.3, 0.4) is 0 Å². The molecular formula is C12H19IO2. The lowest BCUT2D eigenvalue weighted by Gasteiger charge is -2.44. The van der Waals surface area contributed by atoms with Crippen LogP contribution in [-0.4, -0.2) is 18.5 Å². The van der Waals surface area contributed by atoms with Crippen molar-refractivity contribution in [3.8, 4) is 0 Å². The Balaban J connectivity index is 1.83. The lowest BCUT2D eigenvalue weighted by Crippen LogP contribution is -2.44. The molecule has 2 fully saturated rings. The van der Waals surface area contributed by atoms with E-state index in [1.54, 1.807) is 0 Å². The van der Waals surface area contributed by atoms with Crippen molar-refractivity contribution in [1.29, 1.82) is 0 Å². The molecule has 2 rings (SSSR count). The Morgan fingerprint density at radius 2 is 2.20 bits per heavy atom. The van der Waals surface area contributed by atoms with Crippen LogP contribution < -0.4 is 0 Å². The van der Waals surface area contributed by atoms with E-state index >= 15 is 0 Å². The molecule has 0 bridgehead atoms. The van der Waals surface area contributed by atoms with E-state index in [1.807, 2.05) is 0 Å². The molecule has 1 unspecified atom stereocenters. The van der Waals surface area contributed by atoms with Crippen molar-refractivity contribution in [2.24, 2.45) is 0 Å². The van der Waals surface area contributed by atoms with Crippen molar-refractivity contribution in [1.82, 2.24) is 0 Å². The Bertz CT molecular complexity index is 218. The van der Waals surface area contributed by atoms with E-state index in [9.17, 15) is 0 Å². The summed E-state index contributed by atoms with van der Waals surface area (Å²) in [6.07, 6.45) is 10.6. The van der Waals surface area contributed by atoms with Gasteiger partial charge in [0.25, 0.3) is 0 Å². The molecule has 86 valence electrons. The van der Waals surface area contributed by atoms with Gasteiger partial charge in [0.05, 0.1) is 5.60 Å². The summed E-state index contributed by atoms with van der Waals surface area (Å²) >= 11 is 2.27. The first-order valence-corrected chi connectivity index (χ1v) is 7.14. The van der Waals surface area contributed by atoms with Gasteiger partial charge in [0.15, 0.2) is 6.29 Å². The number of rotatable bonds is 4. The first kappa shape index (κ1) is 11.9. The highest BCUT2D eigenvalue weighted by Gasteiger charge is 2.39. The highest BCUT2D eigenvalue weighted by atomic mass is 127. The smallest absolute Gasteiger partial charge is 0.158 e. The Kier molecular flexibility index (Phi) is 4.46. The first-order chi connectivity index (χ1) is 7.35. The Labute approximate surface area is 106 Å². The normalized spacial score (nSPS) is 30.3. The van der Waals surface area contributed by atoms with Crippen LogP contribution in [0.5, 0.6) is 0 Å². The summed E-state index contributed by atoms with van der Waals surface area (Å²) in [5.41, 5.74) is 0.115. The van der Waals surface area contributed by atoms with Gasteiger partial charge >= 0.3 is 0 Å². The monoisotopic (exact) mass is 322 g/mol. The van der Waals surface area contributed by atoms with Gasteiger partial charge in [-0.1, -0.05) is 28.7 Å². The van der Waals surface area contributed by atoms with Gasteiger partial charge in [0, 0.05) is 6.61 Å². The van der Waals surface area contributed by atoms with Crippen LogP contribution in [0.4, 0.5) is 0 Å². The number of halogens is 1. The van der Waals surface area contributed by atoms with Crippen LogP contribution in [0.25, 0.3) is 0 Å². The molecule has 1 atom stereocenters. The molecule has 0 spiro atoms. The van der Waals surface area contributed by atoms with E-state index in [4.69, 9.17) is 9.47 Å². The minimum Gasteiger partial charge on any atom is -0.353 e. The van der Waals surface area contributed by atoms with Gasteiger partial charge < -0.3 is 9.47 Å². The molecule has 1 aliphatic carbocycles. The molecule has 0 radical (unpaired) electrons. The molecule has 1 aliphatic heterocycles. The lowest BCUT2D eigenvalue weighted by atomic mass is 9.77. The topological polar surface area (TPSA) is 18.5 Å². The summed E-state index contributed by atoms with van der Waals surface area (Å²) in [5, 5.41) is 0. The van der Waals surface area contributed by atoms with Crippen molar-refractivity contribution in [3.63, 3.8) is 0 Å². The summed E-state index contributed by atoms with van der Waals surface area (Å²) in [5.74, 6) is 0. The number of hydrogen-bond acceptors (Lipinski definition) is 2. The maximum atomic E-state index is 6.14. The number of ether oxygens (including phenoxy) is 2. The second-order valence-electron chi connectivity index (χ2n) is 4.52. The molecule has 15 heavy (non-hydrogen) atoms. The highest BCUT2D eigenvalue weighted by Crippen LogP contribution is 2.41. The average Bonchev–Trinajstić information content (AvgIpc) is 2.23. The Morgan fingerprint density at radius 3 is 2.73 bits per heavy atom. The first-order valence-electron chi connectivity index (χ1n) is 5.89. The van der Waals surface area contributed by atoms with Crippen molar-refractivity contribution in [3.05, 3.63) is 10.2 Å². The minimum absolute atomic E-state index is 0.0710. The van der Waals surface area contributed by atoms with Crippen LogP contribution >= 0.6 is 22.6 Å². The van der Waals surface area contributed by atoms with E-state index in [0.29, 0.717) is 0 Å². The van der Waals surface area contributed by atoms with E-state index in [0.717, 1.165) is 19.4 Å². The molecule has 0 aromatic heterocycles. The van der Waals surface area contributed by atoms with Gasteiger partial charge in [-0.05, 0) is 49.0 Å². The van der Waals surface area contributed by atoms with Crippen molar-refractivity contribution in [2.75, 3.05) is 6.61 Å². The third kappa shape index (κ3) is 3.17. The molecule has 1 saturated heterocycles.